The Hall–Kier alpha value is -4.03. The van der Waals surface area contributed by atoms with E-state index in [1.54, 1.807) is 55.5 Å². The fraction of sp³-hybridized carbons (Fsp3) is 0.0400. The molecule has 1 amide bonds. The zero-order chi connectivity index (χ0) is 22.2. The second-order valence-corrected chi connectivity index (χ2v) is 7.73. The monoisotopic (exact) mass is 440 g/mol. The largest absolute Gasteiger partial charge is 0.297 e. The van der Waals surface area contributed by atoms with Gasteiger partial charge in [-0.3, -0.25) is 9.59 Å². The van der Waals surface area contributed by atoms with Crippen LogP contribution in [-0.2, 0) is 4.79 Å². The number of carbonyl (C=O) groups excluding carboxylic acids is 1. The molecule has 0 spiro atoms. The summed E-state index contributed by atoms with van der Waals surface area (Å²) in [5.41, 5.74) is 1.94. The zero-order valence-electron chi connectivity index (χ0n) is 17.1. The summed E-state index contributed by atoms with van der Waals surface area (Å²) in [5, 5.41) is 2.31. The molecule has 1 aromatic heterocycles. The van der Waals surface area contributed by atoms with Gasteiger partial charge in [-0.25, -0.2) is 9.98 Å². The first kappa shape index (κ1) is 19.9. The molecular formula is C25H17ClN4O2. The fourth-order valence-electron chi connectivity index (χ4n) is 3.65. The summed E-state index contributed by atoms with van der Waals surface area (Å²) in [5.74, 6) is 0.338. The van der Waals surface area contributed by atoms with Crippen LogP contribution in [0.2, 0.25) is 5.02 Å². The second-order valence-electron chi connectivity index (χ2n) is 7.29. The normalized spacial score (nSPS) is 14.9. The van der Waals surface area contributed by atoms with Gasteiger partial charge in [-0.05, 0) is 42.8 Å². The van der Waals surface area contributed by atoms with Crippen molar-refractivity contribution in [1.82, 2.24) is 9.66 Å². The molecule has 1 aliphatic heterocycles. The van der Waals surface area contributed by atoms with Crippen molar-refractivity contribution in [3.05, 3.63) is 105 Å². The van der Waals surface area contributed by atoms with Crippen molar-refractivity contribution < 1.29 is 4.79 Å². The minimum Gasteiger partial charge on any atom is -0.267 e. The van der Waals surface area contributed by atoms with Gasteiger partial charge >= 0.3 is 0 Å². The van der Waals surface area contributed by atoms with E-state index < -0.39 is 5.91 Å². The summed E-state index contributed by atoms with van der Waals surface area (Å²) < 4.78 is 1.31. The lowest BCUT2D eigenvalue weighted by Gasteiger charge is -2.22. The SMILES string of the molecule is CC1=NC(=Cc2ccc(Cl)cc2)C(=O)N1n1c(-c2ccccc2)nc2ccccc2c1=O. The summed E-state index contributed by atoms with van der Waals surface area (Å²) in [4.78, 5) is 36.1. The predicted molar refractivity (Wildman–Crippen MR) is 127 cm³/mol. The average molecular weight is 441 g/mol. The first-order valence-electron chi connectivity index (χ1n) is 9.97. The van der Waals surface area contributed by atoms with Crippen molar-refractivity contribution in [1.29, 1.82) is 0 Å². The molecule has 0 saturated carbocycles. The van der Waals surface area contributed by atoms with Gasteiger partial charge in [0.2, 0.25) is 0 Å². The Morgan fingerprint density at radius 2 is 1.56 bits per heavy atom. The molecule has 0 aliphatic carbocycles. The predicted octanol–water partition coefficient (Wildman–Crippen LogP) is 4.65. The highest BCUT2D eigenvalue weighted by atomic mass is 35.5. The number of fused-ring (bicyclic) bond motifs is 1. The van der Waals surface area contributed by atoms with E-state index in [0.717, 1.165) is 5.56 Å². The van der Waals surface area contributed by atoms with Crippen molar-refractivity contribution in [3.8, 4) is 11.4 Å². The third-order valence-electron chi connectivity index (χ3n) is 5.16. The number of aliphatic imine (C=N–C) groups is 1. The van der Waals surface area contributed by atoms with E-state index in [0.29, 0.717) is 33.1 Å². The third kappa shape index (κ3) is 3.40. The fourth-order valence-corrected chi connectivity index (χ4v) is 3.78. The summed E-state index contributed by atoms with van der Waals surface area (Å²) in [7, 11) is 0. The first-order valence-corrected chi connectivity index (χ1v) is 10.4. The molecule has 2 heterocycles. The smallest absolute Gasteiger partial charge is 0.267 e. The van der Waals surface area contributed by atoms with Crippen LogP contribution in [-0.4, -0.2) is 21.4 Å². The van der Waals surface area contributed by atoms with Crippen molar-refractivity contribution in [3.63, 3.8) is 0 Å². The van der Waals surface area contributed by atoms with Gasteiger partial charge in [-0.1, -0.05) is 66.2 Å². The Bertz CT molecular complexity index is 1470. The van der Waals surface area contributed by atoms with Gasteiger partial charge in [0.1, 0.15) is 11.5 Å². The van der Waals surface area contributed by atoms with Gasteiger partial charge in [-0.15, -0.1) is 0 Å². The quantitative estimate of drug-likeness (QED) is 0.435. The van der Waals surface area contributed by atoms with Crippen LogP contribution < -0.4 is 10.6 Å². The molecular weight excluding hydrogens is 424 g/mol. The number of aromatic nitrogens is 2. The van der Waals surface area contributed by atoms with Crippen molar-refractivity contribution >= 4 is 40.3 Å². The topological polar surface area (TPSA) is 67.6 Å². The Balaban J connectivity index is 1.70. The number of hydrogen-bond acceptors (Lipinski definition) is 4. The number of amides is 1. The molecule has 0 fully saturated rings. The van der Waals surface area contributed by atoms with E-state index in [2.05, 4.69) is 4.99 Å². The Kier molecular flexibility index (Phi) is 4.92. The summed E-state index contributed by atoms with van der Waals surface area (Å²) in [6.45, 7) is 1.69. The number of carbonyl (C=O) groups is 1. The van der Waals surface area contributed by atoms with E-state index in [1.807, 2.05) is 36.4 Å². The van der Waals surface area contributed by atoms with E-state index >= 15 is 0 Å². The molecule has 5 rings (SSSR count). The highest BCUT2D eigenvalue weighted by Crippen LogP contribution is 2.23. The molecule has 0 atom stereocenters. The minimum absolute atomic E-state index is 0.226. The molecule has 0 N–H and O–H groups in total. The van der Waals surface area contributed by atoms with E-state index in [4.69, 9.17) is 16.6 Å². The van der Waals surface area contributed by atoms with Crippen LogP contribution in [0, 0.1) is 0 Å². The van der Waals surface area contributed by atoms with Crippen LogP contribution in [0.25, 0.3) is 28.4 Å². The lowest BCUT2D eigenvalue weighted by atomic mass is 10.2. The standard InChI is InChI=1S/C25H17ClN4O2/c1-16-27-22(15-17-11-13-19(26)14-12-17)25(32)29(16)30-23(18-7-3-2-4-8-18)28-21-10-6-5-9-20(21)24(30)31/h2-15H,1H3. The molecule has 4 aromatic rings. The van der Waals surface area contributed by atoms with Crippen LogP contribution in [0.15, 0.2) is 94.3 Å². The molecule has 32 heavy (non-hydrogen) atoms. The van der Waals surface area contributed by atoms with Crippen molar-refractivity contribution in [2.24, 2.45) is 4.99 Å². The van der Waals surface area contributed by atoms with Gasteiger partial charge in [0.25, 0.3) is 11.5 Å². The lowest BCUT2D eigenvalue weighted by Crippen LogP contribution is -2.47. The van der Waals surface area contributed by atoms with Gasteiger partial charge in [0, 0.05) is 10.6 Å². The molecule has 6 nitrogen and oxygen atoms in total. The molecule has 0 bridgehead atoms. The number of rotatable bonds is 3. The van der Waals surface area contributed by atoms with Crippen LogP contribution in [0.1, 0.15) is 12.5 Å². The number of benzene rings is 3. The zero-order valence-corrected chi connectivity index (χ0v) is 17.8. The highest BCUT2D eigenvalue weighted by Gasteiger charge is 2.32. The maximum atomic E-state index is 13.5. The summed E-state index contributed by atoms with van der Waals surface area (Å²) in [6.07, 6.45) is 1.67. The molecule has 0 unspecified atom stereocenters. The van der Waals surface area contributed by atoms with E-state index in [9.17, 15) is 9.59 Å². The third-order valence-corrected chi connectivity index (χ3v) is 5.41. The summed E-state index contributed by atoms with van der Waals surface area (Å²) >= 11 is 5.96. The number of hydrogen-bond donors (Lipinski definition) is 0. The Morgan fingerprint density at radius 3 is 2.31 bits per heavy atom. The average Bonchev–Trinajstić information content (AvgIpc) is 3.08. The summed E-state index contributed by atoms with van der Waals surface area (Å²) in [6, 6.07) is 23.5. The molecule has 7 heteroatoms. The Morgan fingerprint density at radius 1 is 0.875 bits per heavy atom. The van der Waals surface area contributed by atoms with Crippen molar-refractivity contribution in [2.45, 2.75) is 6.92 Å². The number of amidine groups is 1. The number of nitrogens with zero attached hydrogens (tertiary/aromatic N) is 4. The Labute approximate surface area is 188 Å². The van der Waals surface area contributed by atoms with Crippen LogP contribution in [0.4, 0.5) is 0 Å². The second kappa shape index (κ2) is 7.90. The van der Waals surface area contributed by atoms with Crippen molar-refractivity contribution in [2.75, 3.05) is 5.01 Å². The van der Waals surface area contributed by atoms with E-state index in [-0.39, 0.29) is 11.3 Å². The van der Waals surface area contributed by atoms with Gasteiger partial charge in [0.05, 0.1) is 10.9 Å². The maximum absolute atomic E-state index is 13.5. The molecule has 3 aromatic carbocycles. The van der Waals surface area contributed by atoms with Crippen LogP contribution in [0.3, 0.4) is 0 Å². The molecule has 156 valence electrons. The van der Waals surface area contributed by atoms with Crippen LogP contribution >= 0.6 is 11.6 Å². The highest BCUT2D eigenvalue weighted by molar-refractivity contribution is 6.30. The molecule has 0 radical (unpaired) electrons. The first-order chi connectivity index (χ1) is 15.5. The lowest BCUT2D eigenvalue weighted by molar-refractivity contribution is -0.115. The van der Waals surface area contributed by atoms with Gasteiger partial charge in [-0.2, -0.15) is 9.69 Å². The maximum Gasteiger partial charge on any atom is 0.297 e. The number of para-hydroxylation sites is 1. The molecule has 0 saturated heterocycles. The van der Waals surface area contributed by atoms with Gasteiger partial charge < -0.3 is 0 Å². The van der Waals surface area contributed by atoms with Gasteiger partial charge in [0.15, 0.2) is 5.82 Å². The minimum atomic E-state index is -0.409. The molecule has 1 aliphatic rings. The van der Waals surface area contributed by atoms with Crippen LogP contribution in [0.5, 0.6) is 0 Å². The van der Waals surface area contributed by atoms with E-state index in [1.165, 1.54) is 9.69 Å². The number of halogens is 1.